The number of benzene rings is 1. The standard InChI is InChI=1S/C13H15FN2O3/c1-3-13-15-12(16-19-13)7-18-11-6-9(14)4-5-10(11)8(2)17/h4-6,8,17H,3,7H2,1-2H3/t8-/m0/s1. The van der Waals surface area contributed by atoms with Gasteiger partial charge in [-0.05, 0) is 19.1 Å². The van der Waals surface area contributed by atoms with E-state index in [1.165, 1.54) is 18.2 Å². The summed E-state index contributed by atoms with van der Waals surface area (Å²) in [4.78, 5) is 4.08. The Bertz CT molecular complexity index is 555. The van der Waals surface area contributed by atoms with E-state index in [2.05, 4.69) is 10.1 Å². The predicted molar refractivity (Wildman–Crippen MR) is 65.0 cm³/mol. The fraction of sp³-hybridized carbons (Fsp3) is 0.385. The molecule has 1 aromatic carbocycles. The summed E-state index contributed by atoms with van der Waals surface area (Å²) in [6, 6.07) is 3.99. The molecule has 6 heteroatoms. The number of halogens is 1. The van der Waals surface area contributed by atoms with Gasteiger partial charge in [-0.1, -0.05) is 12.1 Å². The maximum absolute atomic E-state index is 13.2. The van der Waals surface area contributed by atoms with Crippen LogP contribution in [0.3, 0.4) is 0 Å². The summed E-state index contributed by atoms with van der Waals surface area (Å²) in [5.41, 5.74) is 0.514. The lowest BCUT2D eigenvalue weighted by Crippen LogP contribution is -2.03. The number of nitrogens with zero attached hydrogens (tertiary/aromatic N) is 2. The van der Waals surface area contributed by atoms with Crippen molar-refractivity contribution in [1.82, 2.24) is 10.1 Å². The van der Waals surface area contributed by atoms with Gasteiger partial charge < -0.3 is 14.4 Å². The van der Waals surface area contributed by atoms with Crippen molar-refractivity contribution in [3.63, 3.8) is 0 Å². The third-order valence-corrected chi connectivity index (χ3v) is 2.60. The molecule has 0 aliphatic heterocycles. The zero-order chi connectivity index (χ0) is 13.8. The first kappa shape index (κ1) is 13.5. The lowest BCUT2D eigenvalue weighted by Gasteiger charge is -2.12. The Hall–Kier alpha value is -1.95. The molecule has 1 heterocycles. The SMILES string of the molecule is CCc1nc(COc2cc(F)ccc2[C@H](C)O)no1. The first-order valence-corrected chi connectivity index (χ1v) is 6.02. The van der Waals surface area contributed by atoms with E-state index in [4.69, 9.17) is 9.26 Å². The Labute approximate surface area is 110 Å². The summed E-state index contributed by atoms with van der Waals surface area (Å²) in [7, 11) is 0. The summed E-state index contributed by atoms with van der Waals surface area (Å²) >= 11 is 0. The van der Waals surface area contributed by atoms with Crippen LogP contribution in [0, 0.1) is 5.82 Å². The molecule has 0 fully saturated rings. The molecule has 0 saturated heterocycles. The Morgan fingerprint density at radius 3 is 2.89 bits per heavy atom. The van der Waals surface area contributed by atoms with Gasteiger partial charge in [0.2, 0.25) is 11.7 Å². The molecule has 0 radical (unpaired) electrons. The highest BCUT2D eigenvalue weighted by atomic mass is 19.1. The highest BCUT2D eigenvalue weighted by Crippen LogP contribution is 2.26. The Balaban J connectivity index is 2.12. The molecule has 2 rings (SSSR count). The van der Waals surface area contributed by atoms with E-state index in [-0.39, 0.29) is 12.4 Å². The number of aliphatic hydroxyl groups excluding tert-OH is 1. The summed E-state index contributed by atoms with van der Waals surface area (Å²) < 4.78 is 23.6. The predicted octanol–water partition coefficient (Wildman–Crippen LogP) is 2.40. The van der Waals surface area contributed by atoms with Crippen LogP contribution in [-0.2, 0) is 13.0 Å². The van der Waals surface area contributed by atoms with E-state index in [9.17, 15) is 9.50 Å². The van der Waals surface area contributed by atoms with Gasteiger partial charge in [0, 0.05) is 18.1 Å². The molecule has 1 atom stereocenters. The number of rotatable bonds is 5. The van der Waals surface area contributed by atoms with Gasteiger partial charge in [0.05, 0.1) is 6.10 Å². The Kier molecular flexibility index (Phi) is 4.11. The largest absolute Gasteiger partial charge is 0.485 e. The van der Waals surface area contributed by atoms with E-state index in [0.29, 0.717) is 23.7 Å². The number of aromatic nitrogens is 2. The van der Waals surface area contributed by atoms with Crippen LogP contribution in [0.25, 0.3) is 0 Å². The Morgan fingerprint density at radius 2 is 2.26 bits per heavy atom. The molecule has 1 aromatic heterocycles. The quantitative estimate of drug-likeness (QED) is 0.900. The summed E-state index contributed by atoms with van der Waals surface area (Å²) in [5, 5.41) is 13.3. The third kappa shape index (κ3) is 3.29. The smallest absolute Gasteiger partial charge is 0.226 e. The lowest BCUT2D eigenvalue weighted by atomic mass is 10.1. The average molecular weight is 266 g/mol. The van der Waals surface area contributed by atoms with Crippen LogP contribution in [0.2, 0.25) is 0 Å². The summed E-state index contributed by atoms with van der Waals surface area (Å²) in [6.07, 6.45) is -0.0987. The number of hydrogen-bond acceptors (Lipinski definition) is 5. The molecule has 0 saturated carbocycles. The Morgan fingerprint density at radius 1 is 1.47 bits per heavy atom. The zero-order valence-electron chi connectivity index (χ0n) is 10.8. The number of ether oxygens (including phenoxy) is 1. The maximum Gasteiger partial charge on any atom is 0.226 e. The van der Waals surface area contributed by atoms with Gasteiger partial charge in [0.25, 0.3) is 0 Å². The monoisotopic (exact) mass is 266 g/mol. The van der Waals surface area contributed by atoms with Gasteiger partial charge >= 0.3 is 0 Å². The molecule has 0 aliphatic rings. The zero-order valence-corrected chi connectivity index (χ0v) is 10.8. The second kappa shape index (κ2) is 5.79. The van der Waals surface area contributed by atoms with Crippen LogP contribution in [0.4, 0.5) is 4.39 Å². The van der Waals surface area contributed by atoms with Crippen LogP contribution in [0.1, 0.15) is 37.2 Å². The number of aliphatic hydroxyl groups is 1. The van der Waals surface area contributed by atoms with E-state index in [1.54, 1.807) is 6.92 Å². The van der Waals surface area contributed by atoms with Gasteiger partial charge in [0.1, 0.15) is 11.6 Å². The number of aryl methyl sites for hydroxylation is 1. The molecular formula is C13H15FN2O3. The van der Waals surface area contributed by atoms with Gasteiger partial charge in [-0.2, -0.15) is 4.98 Å². The minimum absolute atomic E-state index is 0.0622. The molecule has 0 bridgehead atoms. The fourth-order valence-corrected chi connectivity index (χ4v) is 1.61. The molecule has 0 aliphatic carbocycles. The van der Waals surface area contributed by atoms with E-state index < -0.39 is 11.9 Å². The lowest BCUT2D eigenvalue weighted by molar-refractivity contribution is 0.189. The van der Waals surface area contributed by atoms with Gasteiger partial charge in [-0.3, -0.25) is 0 Å². The summed E-state index contributed by atoms with van der Waals surface area (Å²) in [6.45, 7) is 3.55. The van der Waals surface area contributed by atoms with Crippen molar-refractivity contribution in [3.05, 3.63) is 41.3 Å². The van der Waals surface area contributed by atoms with Crippen LogP contribution in [0.15, 0.2) is 22.7 Å². The van der Waals surface area contributed by atoms with Crippen molar-refractivity contribution in [1.29, 1.82) is 0 Å². The van der Waals surface area contributed by atoms with E-state index in [0.717, 1.165) is 0 Å². The van der Waals surface area contributed by atoms with Crippen LogP contribution in [-0.4, -0.2) is 15.2 Å². The number of hydrogen-bond donors (Lipinski definition) is 1. The second-order valence-corrected chi connectivity index (χ2v) is 4.10. The van der Waals surface area contributed by atoms with Crippen LogP contribution < -0.4 is 4.74 Å². The second-order valence-electron chi connectivity index (χ2n) is 4.10. The van der Waals surface area contributed by atoms with Gasteiger partial charge in [-0.25, -0.2) is 4.39 Å². The minimum atomic E-state index is -0.743. The molecule has 0 unspecified atom stereocenters. The highest BCUT2D eigenvalue weighted by Gasteiger charge is 2.12. The van der Waals surface area contributed by atoms with Crippen molar-refractivity contribution in [2.24, 2.45) is 0 Å². The van der Waals surface area contributed by atoms with Crippen LogP contribution >= 0.6 is 0 Å². The topological polar surface area (TPSA) is 68.4 Å². The van der Waals surface area contributed by atoms with Crippen molar-refractivity contribution in [2.75, 3.05) is 0 Å². The van der Waals surface area contributed by atoms with Crippen molar-refractivity contribution in [3.8, 4) is 5.75 Å². The van der Waals surface area contributed by atoms with Crippen molar-refractivity contribution >= 4 is 0 Å². The first-order valence-electron chi connectivity index (χ1n) is 6.02. The van der Waals surface area contributed by atoms with Crippen molar-refractivity contribution in [2.45, 2.75) is 33.0 Å². The van der Waals surface area contributed by atoms with E-state index in [1.807, 2.05) is 6.92 Å². The highest BCUT2D eigenvalue weighted by molar-refractivity contribution is 5.35. The fourth-order valence-electron chi connectivity index (χ4n) is 1.61. The summed E-state index contributed by atoms with van der Waals surface area (Å²) in [5.74, 6) is 0.755. The van der Waals surface area contributed by atoms with Gasteiger partial charge in [0.15, 0.2) is 6.61 Å². The average Bonchev–Trinajstić information content (AvgIpc) is 2.84. The molecule has 1 N–H and O–H groups in total. The molecule has 19 heavy (non-hydrogen) atoms. The third-order valence-electron chi connectivity index (χ3n) is 2.60. The normalized spacial score (nSPS) is 12.4. The van der Waals surface area contributed by atoms with Gasteiger partial charge in [-0.15, -0.1) is 0 Å². The minimum Gasteiger partial charge on any atom is -0.485 e. The van der Waals surface area contributed by atoms with Crippen LogP contribution in [0.5, 0.6) is 5.75 Å². The molecule has 0 spiro atoms. The molecule has 102 valence electrons. The van der Waals surface area contributed by atoms with E-state index >= 15 is 0 Å². The molecule has 2 aromatic rings. The van der Waals surface area contributed by atoms with Crippen molar-refractivity contribution < 1.29 is 18.8 Å². The molecule has 0 amide bonds. The first-order chi connectivity index (χ1) is 9.10. The maximum atomic E-state index is 13.2. The molecular weight excluding hydrogens is 251 g/mol. The molecule has 5 nitrogen and oxygen atoms in total.